The van der Waals surface area contributed by atoms with Gasteiger partial charge in [0.2, 0.25) is 0 Å². The fourth-order valence-electron chi connectivity index (χ4n) is 4.58. The predicted octanol–water partition coefficient (Wildman–Crippen LogP) is 7.86. The van der Waals surface area contributed by atoms with Crippen LogP contribution in [0.15, 0.2) is 53.3 Å². The van der Waals surface area contributed by atoms with Crippen LogP contribution in [0.2, 0.25) is 0 Å². The molecule has 5 aromatic carbocycles. The second-order valence-electron chi connectivity index (χ2n) is 10.6. The normalized spacial score (nSPS) is 13.3. The van der Waals surface area contributed by atoms with E-state index in [0.29, 0.717) is 0 Å². The number of fused-ring (bicyclic) bond motifs is 6. The Morgan fingerprint density at radius 1 is 0.533 bits per heavy atom. The number of rotatable bonds is 0. The first-order valence-electron chi connectivity index (χ1n) is 10.5. The van der Waals surface area contributed by atoms with Crippen LogP contribution in [0.1, 0.15) is 52.7 Å². The average molecular weight is 411 g/mol. The van der Waals surface area contributed by atoms with Crippen LogP contribution in [-0.4, -0.2) is 0 Å². The van der Waals surface area contributed by atoms with Gasteiger partial charge in [0.05, 0.1) is 4.51 Å². The molecule has 0 unspecified atom stereocenters. The lowest BCUT2D eigenvalue weighted by atomic mass is 9.86. The summed E-state index contributed by atoms with van der Waals surface area (Å²) in [5.74, 6) is 0. The van der Waals surface area contributed by atoms with Gasteiger partial charge in [-0.15, -0.1) is 0 Å². The standard InChI is InChI=1S/C28H26OS/c1-27(2,3)15-7-9-17-19-14-24-20(13-22(19)25(29)21(17)11-15)18-10-8-16(28(4,5)6)12-23(18)26(24)30/h7-14H,1-6H3. The zero-order valence-electron chi connectivity index (χ0n) is 18.4. The summed E-state index contributed by atoms with van der Waals surface area (Å²) in [7, 11) is 0. The van der Waals surface area contributed by atoms with E-state index in [0.717, 1.165) is 47.6 Å². The van der Waals surface area contributed by atoms with Crippen molar-refractivity contribution in [2.45, 2.75) is 52.4 Å². The highest BCUT2D eigenvalue weighted by Gasteiger charge is 2.20. The molecule has 0 spiro atoms. The fraction of sp³-hybridized carbons (Fsp3) is 0.286. The Morgan fingerprint density at radius 3 is 1.50 bits per heavy atom. The average Bonchev–Trinajstić information content (AvgIpc) is 3.11. The molecule has 30 heavy (non-hydrogen) atoms. The van der Waals surface area contributed by atoms with Crippen molar-refractivity contribution >= 4 is 55.3 Å². The van der Waals surface area contributed by atoms with Crippen molar-refractivity contribution in [2.24, 2.45) is 0 Å². The molecule has 1 nitrogen and oxygen atoms in total. The maximum absolute atomic E-state index is 13.3. The van der Waals surface area contributed by atoms with Crippen LogP contribution in [0.5, 0.6) is 0 Å². The quantitative estimate of drug-likeness (QED) is 0.242. The molecule has 0 amide bonds. The Kier molecular flexibility index (Phi) is 3.87. The zero-order chi connectivity index (χ0) is 21.6. The topological polar surface area (TPSA) is 17.1 Å². The Labute approximate surface area is 182 Å². The maximum Gasteiger partial charge on any atom is 0.194 e. The largest absolute Gasteiger partial charge is 0.289 e. The molecule has 150 valence electrons. The zero-order valence-corrected chi connectivity index (χ0v) is 19.3. The molecule has 0 aliphatic heterocycles. The van der Waals surface area contributed by atoms with Gasteiger partial charge in [-0.2, -0.15) is 0 Å². The molecule has 0 fully saturated rings. The van der Waals surface area contributed by atoms with Gasteiger partial charge in [0.1, 0.15) is 0 Å². The van der Waals surface area contributed by atoms with Crippen molar-refractivity contribution in [3.05, 3.63) is 74.4 Å². The van der Waals surface area contributed by atoms with Crippen molar-refractivity contribution in [1.29, 1.82) is 0 Å². The minimum atomic E-state index is 0.0110. The molecule has 0 saturated heterocycles. The summed E-state index contributed by atoms with van der Waals surface area (Å²) in [6.07, 6.45) is 0. The van der Waals surface area contributed by atoms with Gasteiger partial charge in [0.15, 0.2) is 5.43 Å². The highest BCUT2D eigenvalue weighted by atomic mass is 32.1. The molecule has 5 rings (SSSR count). The lowest BCUT2D eigenvalue weighted by molar-refractivity contribution is 0.591. The molecule has 0 aromatic heterocycles. The predicted molar refractivity (Wildman–Crippen MR) is 133 cm³/mol. The summed E-state index contributed by atoms with van der Waals surface area (Å²) in [6.45, 7) is 13.2. The molecule has 0 heterocycles. The number of hydrogen-bond acceptors (Lipinski definition) is 2. The van der Waals surface area contributed by atoms with E-state index in [9.17, 15) is 4.79 Å². The molecule has 5 aromatic rings. The van der Waals surface area contributed by atoms with E-state index in [4.69, 9.17) is 12.2 Å². The van der Waals surface area contributed by atoms with Crippen LogP contribution in [0.25, 0.3) is 43.1 Å². The van der Waals surface area contributed by atoms with Crippen molar-refractivity contribution < 1.29 is 0 Å². The van der Waals surface area contributed by atoms with Gasteiger partial charge in [0.25, 0.3) is 0 Å². The Morgan fingerprint density at radius 2 is 0.933 bits per heavy atom. The van der Waals surface area contributed by atoms with Crippen molar-refractivity contribution in [3.8, 4) is 0 Å². The molecule has 0 bridgehead atoms. The van der Waals surface area contributed by atoms with E-state index < -0.39 is 0 Å². The summed E-state index contributed by atoms with van der Waals surface area (Å²) >= 11 is 5.90. The smallest absolute Gasteiger partial charge is 0.194 e. The third kappa shape index (κ3) is 2.66. The second kappa shape index (κ2) is 5.98. The SMILES string of the molecule is CC(C)(C)c1ccc2c(c1)c(=O)c1cc3c(cc12)c(=S)c1cc(C(C)(C)C)ccc13. The van der Waals surface area contributed by atoms with Gasteiger partial charge in [0, 0.05) is 21.5 Å². The van der Waals surface area contributed by atoms with Gasteiger partial charge in [-0.25, -0.2) is 0 Å². The van der Waals surface area contributed by atoms with Gasteiger partial charge in [-0.05, 0) is 67.8 Å². The lowest BCUT2D eigenvalue weighted by Gasteiger charge is -2.18. The Bertz CT molecular complexity index is 1460. The van der Waals surface area contributed by atoms with Crippen LogP contribution in [-0.2, 0) is 10.8 Å². The highest BCUT2D eigenvalue weighted by molar-refractivity contribution is 7.72. The van der Waals surface area contributed by atoms with Crippen LogP contribution < -0.4 is 5.43 Å². The van der Waals surface area contributed by atoms with E-state index in [1.165, 1.54) is 11.1 Å². The van der Waals surface area contributed by atoms with Crippen LogP contribution in [0.3, 0.4) is 0 Å². The van der Waals surface area contributed by atoms with E-state index >= 15 is 0 Å². The summed E-state index contributed by atoms with van der Waals surface area (Å²) in [5, 5.41) is 8.08. The second-order valence-corrected chi connectivity index (χ2v) is 11.0. The fourth-order valence-corrected chi connectivity index (χ4v) is 4.92. The molecule has 0 radical (unpaired) electrons. The Hall–Kier alpha value is -2.58. The monoisotopic (exact) mass is 410 g/mol. The molecule has 0 atom stereocenters. The first kappa shape index (κ1) is 19.4. The van der Waals surface area contributed by atoms with Gasteiger partial charge in [-0.3, -0.25) is 4.79 Å². The van der Waals surface area contributed by atoms with E-state index in [2.05, 4.69) is 90.1 Å². The molecule has 0 saturated carbocycles. The summed E-state index contributed by atoms with van der Waals surface area (Å²) in [5.41, 5.74) is 2.67. The first-order chi connectivity index (χ1) is 14.0. The van der Waals surface area contributed by atoms with Gasteiger partial charge >= 0.3 is 0 Å². The molecule has 0 aliphatic carbocycles. The van der Waals surface area contributed by atoms with Gasteiger partial charge < -0.3 is 0 Å². The van der Waals surface area contributed by atoms with E-state index in [1.54, 1.807) is 0 Å². The molecule has 2 heteroatoms. The van der Waals surface area contributed by atoms with Crippen LogP contribution in [0, 0.1) is 4.51 Å². The Balaban J connectivity index is 1.89. The van der Waals surface area contributed by atoms with Crippen molar-refractivity contribution in [3.63, 3.8) is 0 Å². The molecular formula is C28H26OS. The van der Waals surface area contributed by atoms with E-state index in [-0.39, 0.29) is 16.3 Å². The van der Waals surface area contributed by atoms with Crippen molar-refractivity contribution in [1.82, 2.24) is 0 Å². The van der Waals surface area contributed by atoms with Crippen LogP contribution >= 0.6 is 12.2 Å². The third-order valence-corrected chi connectivity index (χ3v) is 6.93. The summed E-state index contributed by atoms with van der Waals surface area (Å²) < 4.78 is 0.890. The minimum absolute atomic E-state index is 0.0110. The number of benzene rings is 3. The molecular weight excluding hydrogens is 384 g/mol. The van der Waals surface area contributed by atoms with Crippen molar-refractivity contribution in [2.75, 3.05) is 0 Å². The van der Waals surface area contributed by atoms with E-state index in [1.807, 2.05) is 0 Å². The molecule has 0 N–H and O–H groups in total. The van der Waals surface area contributed by atoms with Crippen LogP contribution in [0.4, 0.5) is 0 Å². The van der Waals surface area contributed by atoms with Gasteiger partial charge in [-0.1, -0.05) is 78.0 Å². The summed E-state index contributed by atoms with van der Waals surface area (Å²) in [4.78, 5) is 13.3. The minimum Gasteiger partial charge on any atom is -0.289 e. The maximum atomic E-state index is 13.3. The number of hydrogen-bond donors (Lipinski definition) is 0. The highest BCUT2D eigenvalue weighted by Crippen LogP contribution is 2.38. The summed E-state index contributed by atoms with van der Waals surface area (Å²) in [6, 6.07) is 17.1. The molecule has 0 aliphatic rings. The first-order valence-corrected chi connectivity index (χ1v) is 10.9. The lowest BCUT2D eigenvalue weighted by Crippen LogP contribution is -2.11. The third-order valence-electron chi connectivity index (χ3n) is 6.49.